The number of ether oxygens (including phenoxy) is 1. The van der Waals surface area contributed by atoms with Crippen LogP contribution in [0.25, 0.3) is 0 Å². The number of hydrogen-bond donors (Lipinski definition) is 2. The molecule has 5 heteroatoms. The molecule has 0 amide bonds. The molecule has 1 aromatic carbocycles. The molecule has 0 atom stereocenters. The van der Waals surface area contributed by atoms with Crippen LogP contribution in [0.1, 0.15) is 76.3 Å². The Hall–Kier alpha value is -2.04. The fraction of sp³-hybridized carbons (Fsp3) is 0.619. The zero-order valence-electron chi connectivity index (χ0n) is 16.0. The van der Waals surface area contributed by atoms with E-state index < -0.39 is 11.9 Å². The van der Waals surface area contributed by atoms with Crippen molar-refractivity contribution < 1.29 is 24.5 Å². The van der Waals surface area contributed by atoms with E-state index in [0.717, 1.165) is 44.3 Å². The minimum absolute atomic E-state index is 0.103. The summed E-state index contributed by atoms with van der Waals surface area (Å²) >= 11 is 0. The lowest BCUT2D eigenvalue weighted by atomic mass is 9.95. The van der Waals surface area contributed by atoms with Crippen molar-refractivity contribution in [2.75, 3.05) is 0 Å². The van der Waals surface area contributed by atoms with Gasteiger partial charge in [-0.25, -0.2) is 0 Å². The van der Waals surface area contributed by atoms with E-state index in [-0.39, 0.29) is 18.9 Å². The summed E-state index contributed by atoms with van der Waals surface area (Å²) in [5.41, 5.74) is 2.48. The van der Waals surface area contributed by atoms with E-state index in [2.05, 4.69) is 6.07 Å². The van der Waals surface area contributed by atoms with Crippen molar-refractivity contribution in [1.29, 1.82) is 0 Å². The lowest BCUT2D eigenvalue weighted by Gasteiger charge is -2.18. The molecule has 0 aromatic heterocycles. The van der Waals surface area contributed by atoms with Gasteiger partial charge in [0.1, 0.15) is 5.75 Å². The number of rotatable bonds is 14. The third kappa shape index (κ3) is 9.44. The highest BCUT2D eigenvalue weighted by Crippen LogP contribution is 2.27. The van der Waals surface area contributed by atoms with Gasteiger partial charge in [0.05, 0.1) is 6.10 Å². The van der Waals surface area contributed by atoms with Crippen LogP contribution < -0.4 is 4.74 Å². The second kappa shape index (κ2) is 12.3. The maximum atomic E-state index is 10.6. The summed E-state index contributed by atoms with van der Waals surface area (Å²) in [5, 5.41) is 17.5. The number of aryl methyl sites for hydroxylation is 1. The number of unbranched alkanes of at least 4 members (excludes halogenated alkanes) is 4. The van der Waals surface area contributed by atoms with Crippen LogP contribution in [-0.2, 0) is 22.4 Å². The second-order valence-corrected chi connectivity index (χ2v) is 6.97. The Kier molecular flexibility index (Phi) is 10.4. The highest BCUT2D eigenvalue weighted by atomic mass is 16.5. The van der Waals surface area contributed by atoms with E-state index in [0.29, 0.717) is 12.8 Å². The summed E-state index contributed by atoms with van der Waals surface area (Å²) < 4.78 is 5.97. The third-order valence-electron chi connectivity index (χ3n) is 4.25. The summed E-state index contributed by atoms with van der Waals surface area (Å²) in [4.78, 5) is 21.2. The second-order valence-electron chi connectivity index (χ2n) is 6.97. The summed E-state index contributed by atoms with van der Waals surface area (Å²) in [6.07, 6.45) is 7.46. The monoisotopic (exact) mass is 364 g/mol. The van der Waals surface area contributed by atoms with E-state index in [9.17, 15) is 9.59 Å². The van der Waals surface area contributed by atoms with Crippen molar-refractivity contribution in [1.82, 2.24) is 0 Å². The van der Waals surface area contributed by atoms with Gasteiger partial charge in [0.2, 0.25) is 0 Å². The van der Waals surface area contributed by atoms with E-state index in [1.165, 1.54) is 11.1 Å². The van der Waals surface area contributed by atoms with Crippen molar-refractivity contribution in [3.05, 3.63) is 29.3 Å². The maximum absolute atomic E-state index is 10.6. The van der Waals surface area contributed by atoms with E-state index in [1.807, 2.05) is 26.0 Å². The van der Waals surface area contributed by atoms with E-state index in [1.54, 1.807) is 0 Å². The molecule has 2 N–H and O–H groups in total. The number of hydrogen-bond acceptors (Lipinski definition) is 3. The summed E-state index contributed by atoms with van der Waals surface area (Å²) in [6, 6.07) is 6.13. The van der Waals surface area contributed by atoms with Crippen LogP contribution >= 0.6 is 0 Å². The minimum atomic E-state index is -0.740. The third-order valence-corrected chi connectivity index (χ3v) is 4.25. The lowest BCUT2D eigenvalue weighted by molar-refractivity contribution is -0.138. The summed E-state index contributed by atoms with van der Waals surface area (Å²) in [7, 11) is 0. The highest BCUT2D eigenvalue weighted by molar-refractivity contribution is 5.66. The van der Waals surface area contributed by atoms with Crippen LogP contribution in [0.5, 0.6) is 5.75 Å². The highest BCUT2D eigenvalue weighted by Gasteiger charge is 2.11. The summed E-state index contributed by atoms with van der Waals surface area (Å²) in [6.45, 7) is 4.02. The van der Waals surface area contributed by atoms with Gasteiger partial charge < -0.3 is 14.9 Å². The zero-order chi connectivity index (χ0) is 19.4. The van der Waals surface area contributed by atoms with Crippen LogP contribution in [-0.4, -0.2) is 28.3 Å². The van der Waals surface area contributed by atoms with Gasteiger partial charge in [-0.3, -0.25) is 9.59 Å². The molecule has 1 rings (SSSR count). The molecule has 0 bridgehead atoms. The zero-order valence-corrected chi connectivity index (χ0v) is 16.0. The molecular formula is C21H32O5. The molecule has 1 aromatic rings. The van der Waals surface area contributed by atoms with Crippen LogP contribution in [0.15, 0.2) is 18.2 Å². The number of aliphatic carboxylic acids is 2. The van der Waals surface area contributed by atoms with Crippen LogP contribution in [0, 0.1) is 0 Å². The quantitative estimate of drug-likeness (QED) is 0.461. The average Bonchev–Trinajstić information content (AvgIpc) is 2.55. The summed E-state index contributed by atoms with van der Waals surface area (Å²) in [5.74, 6) is -0.559. The molecule has 0 spiro atoms. The first kappa shape index (κ1) is 22.0. The van der Waals surface area contributed by atoms with Crippen molar-refractivity contribution in [3.8, 4) is 5.75 Å². The van der Waals surface area contributed by atoms with E-state index >= 15 is 0 Å². The molecule has 0 radical (unpaired) electrons. The maximum Gasteiger partial charge on any atom is 0.303 e. The molecule has 0 unspecified atom stereocenters. The van der Waals surface area contributed by atoms with Crippen molar-refractivity contribution in [2.45, 2.75) is 84.2 Å². The van der Waals surface area contributed by atoms with Crippen molar-refractivity contribution in [2.24, 2.45) is 0 Å². The molecule has 26 heavy (non-hydrogen) atoms. The average molecular weight is 364 g/mol. The first-order chi connectivity index (χ1) is 12.4. The molecule has 0 heterocycles. The standard InChI is InChI=1S/C21H32O5/c1-16(2)26-19-13-9-11-17(10-5-3-7-14-20(22)23)18(19)12-6-4-8-15-21(24)25/h9,11,13,16H,3-8,10,12,14-15H2,1-2H3,(H,22,23)(H,24,25). The Morgan fingerprint density at radius 1 is 0.885 bits per heavy atom. The molecule has 0 aliphatic carbocycles. The van der Waals surface area contributed by atoms with Gasteiger partial charge in [0.25, 0.3) is 0 Å². The number of carboxylic acids is 2. The number of benzene rings is 1. The van der Waals surface area contributed by atoms with Crippen molar-refractivity contribution in [3.63, 3.8) is 0 Å². The molecule has 0 saturated heterocycles. The number of carboxylic acid groups (broad SMARTS) is 2. The molecular weight excluding hydrogens is 332 g/mol. The predicted molar refractivity (Wildman–Crippen MR) is 102 cm³/mol. The Labute approximate surface area is 156 Å². The van der Waals surface area contributed by atoms with Gasteiger partial charge in [0, 0.05) is 12.8 Å². The SMILES string of the molecule is CC(C)Oc1cccc(CCCCCC(=O)O)c1CCCCCC(=O)O. The normalized spacial score (nSPS) is 10.9. The molecule has 146 valence electrons. The first-order valence-electron chi connectivity index (χ1n) is 9.61. The largest absolute Gasteiger partial charge is 0.491 e. The molecule has 0 fully saturated rings. The van der Waals surface area contributed by atoms with Gasteiger partial charge in [-0.2, -0.15) is 0 Å². The van der Waals surface area contributed by atoms with E-state index in [4.69, 9.17) is 14.9 Å². The van der Waals surface area contributed by atoms with Crippen LogP contribution in [0.3, 0.4) is 0 Å². The van der Waals surface area contributed by atoms with Gasteiger partial charge in [0.15, 0.2) is 0 Å². The predicted octanol–water partition coefficient (Wildman–Crippen LogP) is 4.85. The van der Waals surface area contributed by atoms with Crippen LogP contribution in [0.4, 0.5) is 0 Å². The fourth-order valence-corrected chi connectivity index (χ4v) is 3.02. The molecule has 0 aliphatic rings. The Morgan fingerprint density at radius 2 is 1.46 bits per heavy atom. The molecule has 0 saturated carbocycles. The first-order valence-corrected chi connectivity index (χ1v) is 9.61. The van der Waals surface area contributed by atoms with Crippen molar-refractivity contribution >= 4 is 11.9 Å². The fourth-order valence-electron chi connectivity index (χ4n) is 3.02. The topological polar surface area (TPSA) is 83.8 Å². The van der Waals surface area contributed by atoms with Gasteiger partial charge in [-0.15, -0.1) is 0 Å². The smallest absolute Gasteiger partial charge is 0.303 e. The number of carbonyl (C=O) groups is 2. The Morgan fingerprint density at radius 3 is 2.00 bits per heavy atom. The van der Waals surface area contributed by atoms with Gasteiger partial charge in [-0.1, -0.05) is 25.0 Å². The lowest BCUT2D eigenvalue weighted by Crippen LogP contribution is -2.09. The van der Waals surface area contributed by atoms with Gasteiger partial charge in [-0.05, 0) is 69.6 Å². The van der Waals surface area contributed by atoms with Crippen LogP contribution in [0.2, 0.25) is 0 Å². The Balaban J connectivity index is 2.65. The molecule has 5 nitrogen and oxygen atoms in total. The Bertz CT molecular complexity index is 566. The van der Waals surface area contributed by atoms with Gasteiger partial charge >= 0.3 is 11.9 Å². The molecule has 0 aliphatic heterocycles. The minimum Gasteiger partial charge on any atom is -0.491 e.